The lowest BCUT2D eigenvalue weighted by atomic mass is 10.1. The maximum absolute atomic E-state index is 13.1. The van der Waals surface area contributed by atoms with Crippen LogP contribution in [-0.2, 0) is 19.6 Å². The number of nitrogens with one attached hydrogen (secondary N) is 1. The lowest BCUT2D eigenvalue weighted by Crippen LogP contribution is -2.55. The summed E-state index contributed by atoms with van der Waals surface area (Å²) in [6.45, 7) is 9.08. The Labute approximate surface area is 189 Å². The molecule has 1 saturated heterocycles. The summed E-state index contributed by atoms with van der Waals surface area (Å²) in [5, 5.41) is 13.5. The summed E-state index contributed by atoms with van der Waals surface area (Å²) >= 11 is 1.42. The SMILES string of the molecule is CC(C)CN(CC(O)C(=O)N1CSC[C@H]1C(=O)NC(C)(C)C)S(=O)(=O)c1ccccc1. The molecule has 0 aliphatic carbocycles. The molecule has 2 rings (SSSR count). The lowest BCUT2D eigenvalue weighted by Gasteiger charge is -2.31. The molecule has 2 N–H and O–H groups in total. The van der Waals surface area contributed by atoms with Gasteiger partial charge in [-0.25, -0.2) is 8.42 Å². The Kier molecular flexibility index (Phi) is 8.54. The minimum atomic E-state index is -3.88. The first-order valence-electron chi connectivity index (χ1n) is 10.3. The van der Waals surface area contributed by atoms with Gasteiger partial charge in [0, 0.05) is 24.4 Å². The zero-order chi connectivity index (χ0) is 23.4. The number of aliphatic hydroxyl groups is 1. The van der Waals surface area contributed by atoms with E-state index >= 15 is 0 Å². The van der Waals surface area contributed by atoms with E-state index in [2.05, 4.69) is 5.32 Å². The number of thioether (sulfide) groups is 1. The van der Waals surface area contributed by atoms with Crippen molar-refractivity contribution in [1.29, 1.82) is 0 Å². The van der Waals surface area contributed by atoms with E-state index < -0.39 is 33.6 Å². The van der Waals surface area contributed by atoms with Crippen LogP contribution in [0.2, 0.25) is 0 Å². The number of nitrogens with zero attached hydrogens (tertiary/aromatic N) is 2. The molecule has 0 radical (unpaired) electrons. The van der Waals surface area contributed by atoms with E-state index in [0.29, 0.717) is 5.75 Å². The van der Waals surface area contributed by atoms with Gasteiger partial charge in [0.25, 0.3) is 5.91 Å². The summed E-state index contributed by atoms with van der Waals surface area (Å²) in [5.41, 5.74) is -0.449. The van der Waals surface area contributed by atoms with Gasteiger partial charge in [-0.15, -0.1) is 11.8 Å². The molecule has 1 aliphatic heterocycles. The number of carbonyl (C=O) groups is 2. The normalized spacial score (nSPS) is 18.5. The van der Waals surface area contributed by atoms with E-state index in [0.717, 1.165) is 4.31 Å². The molecule has 174 valence electrons. The van der Waals surface area contributed by atoms with Crippen molar-refractivity contribution in [2.24, 2.45) is 5.92 Å². The van der Waals surface area contributed by atoms with Crippen molar-refractivity contribution in [2.75, 3.05) is 24.7 Å². The van der Waals surface area contributed by atoms with Gasteiger partial charge in [-0.3, -0.25) is 9.59 Å². The van der Waals surface area contributed by atoms with Crippen LogP contribution in [-0.4, -0.2) is 76.9 Å². The predicted octanol–water partition coefficient (Wildman–Crippen LogP) is 1.51. The average molecular weight is 472 g/mol. The van der Waals surface area contributed by atoms with Gasteiger partial charge in [0.1, 0.15) is 12.1 Å². The summed E-state index contributed by atoms with van der Waals surface area (Å²) in [5.74, 6) is -0.231. The highest BCUT2D eigenvalue weighted by atomic mass is 32.2. The van der Waals surface area contributed by atoms with Crippen LogP contribution in [0.25, 0.3) is 0 Å². The van der Waals surface area contributed by atoms with Crippen molar-refractivity contribution in [1.82, 2.24) is 14.5 Å². The number of hydrogen-bond donors (Lipinski definition) is 2. The monoisotopic (exact) mass is 471 g/mol. The Morgan fingerprint density at radius 2 is 1.84 bits per heavy atom. The molecule has 2 amide bonds. The van der Waals surface area contributed by atoms with Crippen LogP contribution in [0.3, 0.4) is 0 Å². The first-order valence-corrected chi connectivity index (χ1v) is 12.9. The van der Waals surface area contributed by atoms with Gasteiger partial charge >= 0.3 is 0 Å². The van der Waals surface area contributed by atoms with Crippen LogP contribution in [0.4, 0.5) is 0 Å². The van der Waals surface area contributed by atoms with E-state index in [1.165, 1.54) is 28.8 Å². The summed E-state index contributed by atoms with van der Waals surface area (Å²) in [6.07, 6.45) is -1.57. The second-order valence-electron chi connectivity index (χ2n) is 9.11. The Morgan fingerprint density at radius 1 is 1.23 bits per heavy atom. The highest BCUT2D eigenvalue weighted by molar-refractivity contribution is 7.99. The van der Waals surface area contributed by atoms with Gasteiger partial charge in [0.05, 0.1) is 10.8 Å². The third kappa shape index (κ3) is 6.93. The number of aliphatic hydroxyl groups excluding tert-OH is 1. The third-order valence-electron chi connectivity index (χ3n) is 4.58. The van der Waals surface area contributed by atoms with Crippen LogP contribution < -0.4 is 5.32 Å². The first kappa shape index (κ1) is 25.6. The second-order valence-corrected chi connectivity index (χ2v) is 12.0. The minimum absolute atomic E-state index is 0.00607. The van der Waals surface area contributed by atoms with Crippen LogP contribution in [0.5, 0.6) is 0 Å². The first-order chi connectivity index (χ1) is 14.3. The fourth-order valence-corrected chi connectivity index (χ4v) is 6.01. The molecule has 1 unspecified atom stereocenters. The molecule has 1 aromatic rings. The minimum Gasteiger partial charge on any atom is -0.382 e. The molecule has 0 spiro atoms. The van der Waals surface area contributed by atoms with Gasteiger partial charge < -0.3 is 15.3 Å². The Bertz CT molecular complexity index is 869. The average Bonchev–Trinajstić information content (AvgIpc) is 3.15. The number of carbonyl (C=O) groups excluding carboxylic acids is 2. The van der Waals surface area contributed by atoms with Gasteiger partial charge in [-0.1, -0.05) is 32.0 Å². The summed E-state index contributed by atoms with van der Waals surface area (Å²) in [4.78, 5) is 27.0. The lowest BCUT2D eigenvalue weighted by molar-refractivity contribution is -0.145. The molecule has 8 nitrogen and oxygen atoms in total. The van der Waals surface area contributed by atoms with Crippen molar-refractivity contribution in [3.8, 4) is 0 Å². The second kappa shape index (κ2) is 10.3. The fourth-order valence-electron chi connectivity index (χ4n) is 3.21. The molecular formula is C21H33N3O5S2. The van der Waals surface area contributed by atoms with E-state index in [1.807, 2.05) is 34.6 Å². The van der Waals surface area contributed by atoms with Crippen LogP contribution >= 0.6 is 11.8 Å². The van der Waals surface area contributed by atoms with E-state index in [9.17, 15) is 23.1 Å². The van der Waals surface area contributed by atoms with Crippen LogP contribution in [0.1, 0.15) is 34.6 Å². The predicted molar refractivity (Wildman–Crippen MR) is 122 cm³/mol. The number of amides is 2. The topological polar surface area (TPSA) is 107 Å². The number of sulfonamides is 1. The van der Waals surface area contributed by atoms with E-state index in [4.69, 9.17) is 0 Å². The molecule has 1 aliphatic rings. The molecule has 0 saturated carbocycles. The van der Waals surface area contributed by atoms with Crippen molar-refractivity contribution in [3.05, 3.63) is 30.3 Å². The Morgan fingerprint density at radius 3 is 2.39 bits per heavy atom. The Hall–Kier alpha value is -1.62. The van der Waals surface area contributed by atoms with Gasteiger partial charge in [0.15, 0.2) is 0 Å². The van der Waals surface area contributed by atoms with Gasteiger partial charge in [-0.2, -0.15) is 4.31 Å². The molecule has 2 atom stereocenters. The largest absolute Gasteiger partial charge is 0.382 e. The summed E-state index contributed by atoms with van der Waals surface area (Å²) < 4.78 is 27.3. The van der Waals surface area contributed by atoms with Crippen LogP contribution in [0.15, 0.2) is 35.2 Å². The van der Waals surface area contributed by atoms with Gasteiger partial charge in [-0.05, 0) is 38.8 Å². The van der Waals surface area contributed by atoms with Gasteiger partial charge in [0.2, 0.25) is 15.9 Å². The van der Waals surface area contributed by atoms with Crippen molar-refractivity contribution in [3.63, 3.8) is 0 Å². The molecule has 31 heavy (non-hydrogen) atoms. The van der Waals surface area contributed by atoms with E-state index in [-0.39, 0.29) is 35.7 Å². The Balaban J connectivity index is 2.18. The summed E-state index contributed by atoms with van der Waals surface area (Å²) in [7, 11) is -3.88. The molecule has 1 aromatic carbocycles. The molecule has 1 heterocycles. The van der Waals surface area contributed by atoms with Crippen molar-refractivity contribution < 1.29 is 23.1 Å². The molecule has 10 heteroatoms. The molecule has 0 bridgehead atoms. The van der Waals surface area contributed by atoms with Crippen LogP contribution in [0, 0.1) is 5.92 Å². The van der Waals surface area contributed by atoms with E-state index in [1.54, 1.807) is 18.2 Å². The van der Waals surface area contributed by atoms with Crippen molar-refractivity contribution in [2.45, 2.75) is 57.2 Å². The molecule has 0 aromatic heterocycles. The quantitative estimate of drug-likeness (QED) is 0.595. The maximum Gasteiger partial charge on any atom is 0.254 e. The zero-order valence-corrected chi connectivity index (χ0v) is 20.4. The number of benzene rings is 1. The van der Waals surface area contributed by atoms with Crippen molar-refractivity contribution >= 4 is 33.6 Å². The zero-order valence-electron chi connectivity index (χ0n) is 18.7. The maximum atomic E-state index is 13.1. The highest BCUT2D eigenvalue weighted by Crippen LogP contribution is 2.24. The highest BCUT2D eigenvalue weighted by Gasteiger charge is 2.39. The standard InChI is InChI=1S/C21H33N3O5S2/c1-15(2)11-23(31(28,29)16-9-7-6-8-10-16)12-18(25)20(27)24-14-30-13-17(24)19(26)22-21(3,4)5/h6-10,15,17-18,25H,11-14H2,1-5H3,(H,22,26)/t17-,18?/m0/s1. The number of rotatable bonds is 8. The smallest absolute Gasteiger partial charge is 0.254 e. The number of hydrogen-bond acceptors (Lipinski definition) is 6. The fraction of sp³-hybridized carbons (Fsp3) is 0.619. The third-order valence-corrected chi connectivity index (χ3v) is 7.44. The molecular weight excluding hydrogens is 438 g/mol. The molecule has 1 fully saturated rings. The summed E-state index contributed by atoms with van der Waals surface area (Å²) in [6, 6.07) is 7.25.